The predicted molar refractivity (Wildman–Crippen MR) is 72.3 cm³/mol. The lowest BCUT2D eigenvalue weighted by molar-refractivity contribution is -0.00779. The van der Waals surface area contributed by atoms with Gasteiger partial charge in [-0.1, -0.05) is 6.07 Å². The number of pyridine rings is 1. The molecule has 4 heteroatoms. The average Bonchev–Trinajstić information content (AvgIpc) is 2.42. The second-order valence-electron chi connectivity index (χ2n) is 4.97. The molecule has 4 nitrogen and oxygen atoms in total. The molecule has 100 valence electrons. The van der Waals surface area contributed by atoms with Crippen molar-refractivity contribution in [3.05, 3.63) is 30.1 Å². The lowest BCUT2D eigenvalue weighted by Crippen LogP contribution is -2.38. The maximum absolute atomic E-state index is 5.90. The van der Waals surface area contributed by atoms with Crippen LogP contribution in [0.1, 0.15) is 30.9 Å². The van der Waals surface area contributed by atoms with E-state index < -0.39 is 0 Å². The molecule has 1 aromatic rings. The Labute approximate surface area is 109 Å². The highest BCUT2D eigenvalue weighted by Crippen LogP contribution is 2.20. The first-order chi connectivity index (χ1) is 8.81. The third-order valence-corrected chi connectivity index (χ3v) is 3.59. The largest absolute Gasteiger partial charge is 0.377 e. The summed E-state index contributed by atoms with van der Waals surface area (Å²) in [6.07, 6.45) is 7.68. The number of hydrogen-bond acceptors (Lipinski definition) is 4. The molecule has 18 heavy (non-hydrogen) atoms. The Bertz CT molecular complexity index is 338. The Balaban J connectivity index is 1.94. The van der Waals surface area contributed by atoms with Gasteiger partial charge in [0.2, 0.25) is 0 Å². The van der Waals surface area contributed by atoms with Crippen LogP contribution in [-0.4, -0.2) is 42.7 Å². The molecule has 1 fully saturated rings. The van der Waals surface area contributed by atoms with E-state index >= 15 is 0 Å². The number of nitrogens with two attached hydrogens (primary N) is 1. The molecule has 0 aliphatic carbocycles. The van der Waals surface area contributed by atoms with E-state index in [4.69, 9.17) is 10.5 Å². The maximum Gasteiger partial charge on any atom is 0.0702 e. The topological polar surface area (TPSA) is 51.4 Å². The maximum atomic E-state index is 5.90. The van der Waals surface area contributed by atoms with Crippen molar-refractivity contribution in [1.82, 2.24) is 9.88 Å². The molecule has 0 spiro atoms. The van der Waals surface area contributed by atoms with Crippen molar-refractivity contribution >= 4 is 0 Å². The number of hydrogen-bond donors (Lipinski definition) is 1. The van der Waals surface area contributed by atoms with Crippen LogP contribution in [0.5, 0.6) is 0 Å². The summed E-state index contributed by atoms with van der Waals surface area (Å²) >= 11 is 0. The van der Waals surface area contributed by atoms with E-state index in [0.717, 1.165) is 19.6 Å². The predicted octanol–water partition coefficient (Wildman–Crippen LogP) is 1.58. The zero-order valence-electron chi connectivity index (χ0n) is 11.1. The van der Waals surface area contributed by atoms with Crippen LogP contribution in [0.3, 0.4) is 0 Å². The molecule has 2 N–H and O–H groups in total. The third-order valence-electron chi connectivity index (χ3n) is 3.59. The van der Waals surface area contributed by atoms with Crippen molar-refractivity contribution in [2.75, 3.05) is 26.7 Å². The summed E-state index contributed by atoms with van der Waals surface area (Å²) < 4.78 is 5.78. The van der Waals surface area contributed by atoms with Crippen molar-refractivity contribution in [3.63, 3.8) is 0 Å². The second kappa shape index (κ2) is 6.83. The molecule has 2 unspecified atom stereocenters. The minimum Gasteiger partial charge on any atom is -0.377 e. The monoisotopic (exact) mass is 249 g/mol. The highest BCUT2D eigenvalue weighted by Gasteiger charge is 2.21. The number of nitrogens with zero attached hydrogens (tertiary/aromatic N) is 2. The van der Waals surface area contributed by atoms with E-state index in [1.807, 2.05) is 12.3 Å². The Hall–Kier alpha value is -0.970. The molecule has 1 aromatic heterocycles. The fourth-order valence-corrected chi connectivity index (χ4v) is 2.54. The molecule has 1 aliphatic heterocycles. The fraction of sp³-hybridized carbons (Fsp3) is 0.643. The number of likely N-dealkylation sites (N-methyl/N-ethyl adjacent to an activating group) is 1. The summed E-state index contributed by atoms with van der Waals surface area (Å²) in [5.41, 5.74) is 7.08. The first-order valence-corrected chi connectivity index (χ1v) is 6.73. The average molecular weight is 249 g/mol. The van der Waals surface area contributed by atoms with Gasteiger partial charge in [0, 0.05) is 38.1 Å². The van der Waals surface area contributed by atoms with Gasteiger partial charge in [-0.25, -0.2) is 0 Å². The molecule has 2 atom stereocenters. The Morgan fingerprint density at radius 2 is 2.44 bits per heavy atom. The molecule has 0 saturated carbocycles. The lowest BCUT2D eigenvalue weighted by Gasteiger charge is -2.32. The highest BCUT2D eigenvalue weighted by molar-refractivity contribution is 5.14. The van der Waals surface area contributed by atoms with Gasteiger partial charge in [-0.15, -0.1) is 0 Å². The van der Waals surface area contributed by atoms with E-state index in [1.54, 1.807) is 6.20 Å². The Kier molecular flexibility index (Phi) is 5.11. The van der Waals surface area contributed by atoms with Crippen LogP contribution in [0.15, 0.2) is 24.5 Å². The molecule has 2 heterocycles. The van der Waals surface area contributed by atoms with Crippen LogP contribution < -0.4 is 5.73 Å². The SMILES string of the molecule is CN(CC1CCCCO1)C(CN)c1cccnc1. The summed E-state index contributed by atoms with van der Waals surface area (Å²) in [6.45, 7) is 2.45. The first-order valence-electron chi connectivity index (χ1n) is 6.73. The van der Waals surface area contributed by atoms with E-state index in [1.165, 1.54) is 18.4 Å². The summed E-state index contributed by atoms with van der Waals surface area (Å²) in [5, 5.41) is 0. The van der Waals surface area contributed by atoms with Crippen molar-refractivity contribution in [2.45, 2.75) is 31.4 Å². The van der Waals surface area contributed by atoms with Gasteiger partial charge in [0.1, 0.15) is 0 Å². The first kappa shape index (κ1) is 13.5. The minimum atomic E-state index is 0.226. The van der Waals surface area contributed by atoms with E-state index in [9.17, 15) is 0 Å². The number of rotatable bonds is 5. The second-order valence-corrected chi connectivity index (χ2v) is 4.97. The zero-order chi connectivity index (χ0) is 12.8. The summed E-state index contributed by atoms with van der Waals surface area (Å²) in [4.78, 5) is 6.45. The minimum absolute atomic E-state index is 0.226. The van der Waals surface area contributed by atoms with Crippen LogP contribution in [0, 0.1) is 0 Å². The molecule has 2 rings (SSSR count). The zero-order valence-corrected chi connectivity index (χ0v) is 11.1. The van der Waals surface area contributed by atoms with Gasteiger partial charge in [-0.3, -0.25) is 9.88 Å². The summed E-state index contributed by atoms with van der Waals surface area (Å²) in [5.74, 6) is 0. The van der Waals surface area contributed by atoms with Gasteiger partial charge in [-0.05, 0) is 37.9 Å². The van der Waals surface area contributed by atoms with Gasteiger partial charge >= 0.3 is 0 Å². The quantitative estimate of drug-likeness (QED) is 0.861. The lowest BCUT2D eigenvalue weighted by atomic mass is 10.1. The number of ether oxygens (including phenoxy) is 1. The standard InChI is InChI=1S/C14H23N3O/c1-17(11-13-6-2-3-8-18-13)14(9-15)12-5-4-7-16-10-12/h4-5,7,10,13-14H,2-3,6,8-9,11,15H2,1H3. The fourth-order valence-electron chi connectivity index (χ4n) is 2.54. The van der Waals surface area contributed by atoms with E-state index in [0.29, 0.717) is 12.6 Å². The normalized spacial score (nSPS) is 22.1. The molecule has 0 bridgehead atoms. The molecule has 1 saturated heterocycles. The molecular weight excluding hydrogens is 226 g/mol. The number of aromatic nitrogens is 1. The van der Waals surface area contributed by atoms with Crippen LogP contribution in [-0.2, 0) is 4.74 Å². The van der Waals surface area contributed by atoms with Gasteiger partial charge < -0.3 is 10.5 Å². The van der Waals surface area contributed by atoms with Gasteiger partial charge in [0.05, 0.1) is 6.10 Å². The molecule has 0 radical (unpaired) electrons. The van der Waals surface area contributed by atoms with Crippen LogP contribution >= 0.6 is 0 Å². The Morgan fingerprint density at radius 1 is 1.56 bits per heavy atom. The third kappa shape index (κ3) is 3.51. The van der Waals surface area contributed by atoms with E-state index in [-0.39, 0.29) is 6.04 Å². The molecule has 0 aromatic carbocycles. The summed E-state index contributed by atoms with van der Waals surface area (Å²) in [6, 6.07) is 4.27. The van der Waals surface area contributed by atoms with Crippen LogP contribution in [0.4, 0.5) is 0 Å². The molecular formula is C14H23N3O. The van der Waals surface area contributed by atoms with Crippen molar-refractivity contribution in [3.8, 4) is 0 Å². The highest BCUT2D eigenvalue weighted by atomic mass is 16.5. The smallest absolute Gasteiger partial charge is 0.0702 e. The van der Waals surface area contributed by atoms with Gasteiger partial charge in [0.25, 0.3) is 0 Å². The van der Waals surface area contributed by atoms with Crippen LogP contribution in [0.2, 0.25) is 0 Å². The van der Waals surface area contributed by atoms with Crippen molar-refractivity contribution in [1.29, 1.82) is 0 Å². The van der Waals surface area contributed by atoms with Gasteiger partial charge in [0.15, 0.2) is 0 Å². The van der Waals surface area contributed by atoms with Crippen molar-refractivity contribution in [2.24, 2.45) is 5.73 Å². The molecule has 1 aliphatic rings. The molecule has 0 amide bonds. The van der Waals surface area contributed by atoms with Crippen molar-refractivity contribution < 1.29 is 4.74 Å². The van der Waals surface area contributed by atoms with Crippen LogP contribution in [0.25, 0.3) is 0 Å². The Morgan fingerprint density at radius 3 is 3.06 bits per heavy atom. The van der Waals surface area contributed by atoms with E-state index in [2.05, 4.69) is 23.0 Å². The van der Waals surface area contributed by atoms with Gasteiger partial charge in [-0.2, -0.15) is 0 Å². The summed E-state index contributed by atoms with van der Waals surface area (Å²) in [7, 11) is 2.11.